The van der Waals surface area contributed by atoms with Crippen LogP contribution in [0.15, 0.2) is 12.2 Å². The number of ether oxygens (including phenoxy) is 6. The minimum Gasteiger partial charge on any atom is -0.432 e. The van der Waals surface area contributed by atoms with Crippen LogP contribution in [-0.4, -0.2) is 168 Å². The highest BCUT2D eigenvalue weighted by molar-refractivity contribution is 5.78. The van der Waals surface area contributed by atoms with Gasteiger partial charge in [0, 0.05) is 0 Å². The molecule has 8 rings (SSSR count). The van der Waals surface area contributed by atoms with Crippen molar-refractivity contribution in [1.82, 2.24) is 0 Å². The van der Waals surface area contributed by atoms with Gasteiger partial charge in [-0.15, -0.1) is 0 Å². The molecule has 17 nitrogen and oxygen atoms in total. The van der Waals surface area contributed by atoms with Gasteiger partial charge in [0.1, 0.15) is 67.1 Å². The number of carbonyl (C=O) groups excluding carboxylic acids is 1. The van der Waals surface area contributed by atoms with Crippen molar-refractivity contribution in [3.8, 4) is 0 Å². The molecule has 5 saturated carbocycles. The van der Waals surface area contributed by atoms with E-state index < -0.39 is 117 Å². The minimum absolute atomic E-state index is 0.00379. The first-order valence-corrected chi connectivity index (χ1v) is 24.2. The largest absolute Gasteiger partial charge is 0.432 e. The van der Waals surface area contributed by atoms with Crippen LogP contribution in [0.1, 0.15) is 113 Å². The first kappa shape index (κ1) is 50.0. The van der Waals surface area contributed by atoms with Crippen molar-refractivity contribution < 1.29 is 84.3 Å². The predicted octanol–water partition coefficient (Wildman–Crippen LogP) is 1.02. The quantitative estimate of drug-likeness (QED) is 0.114. The SMILES string of the molecule is C=C(C)[C@@H]1CC[C@]2(C(=O)O[C@@H]3O[C@H](CO[C@@H]4O[C@H](CO)[C@@H](O[C@@H]5O[C@@H](C)[C@H](O)[C@@H](O)[C@H]5O)[C@H](O)[C@H]4O)[C@@H](O)[C@H](O)[C@H]3O)CC[C@]3(C)[C@H](CC[C@@H]4[C@@]5(C)CC[C@@H](O)C(C)(C)[C@@H]5CC[C@]43C)[C@@H]12. The third kappa shape index (κ3) is 7.72. The van der Waals surface area contributed by atoms with Crippen molar-refractivity contribution in [2.45, 2.75) is 211 Å². The van der Waals surface area contributed by atoms with Crippen molar-refractivity contribution in [1.29, 1.82) is 0 Å². The fourth-order valence-electron chi connectivity index (χ4n) is 15.7. The maximum Gasteiger partial charge on any atom is 0.314 e. The Hall–Kier alpha value is -1.39. The van der Waals surface area contributed by atoms with Gasteiger partial charge in [0.25, 0.3) is 0 Å². The second-order valence-corrected chi connectivity index (χ2v) is 23.0. The summed E-state index contributed by atoms with van der Waals surface area (Å²) in [6.45, 7) is 18.5. The Morgan fingerprint density at radius 1 is 0.646 bits per heavy atom. The molecule has 8 fully saturated rings. The van der Waals surface area contributed by atoms with Gasteiger partial charge in [-0.05, 0) is 129 Å². The van der Waals surface area contributed by atoms with E-state index in [2.05, 4.69) is 41.2 Å². The van der Waals surface area contributed by atoms with Crippen molar-refractivity contribution in [2.24, 2.45) is 56.7 Å². The van der Waals surface area contributed by atoms with Crippen LogP contribution in [0.3, 0.4) is 0 Å². The molecule has 3 saturated heterocycles. The van der Waals surface area contributed by atoms with Gasteiger partial charge in [-0.2, -0.15) is 0 Å². The smallest absolute Gasteiger partial charge is 0.314 e. The Balaban J connectivity index is 0.962. The third-order valence-electron chi connectivity index (χ3n) is 19.7. The average molecular weight is 927 g/mol. The first-order chi connectivity index (χ1) is 30.4. The molecule has 0 radical (unpaired) electrons. The second-order valence-electron chi connectivity index (χ2n) is 23.0. The zero-order valence-corrected chi connectivity index (χ0v) is 39.1. The van der Waals surface area contributed by atoms with Gasteiger partial charge in [0.05, 0.1) is 30.8 Å². The van der Waals surface area contributed by atoms with Crippen LogP contribution in [0.2, 0.25) is 0 Å². The molecule has 8 aliphatic rings. The van der Waals surface area contributed by atoms with Crippen LogP contribution in [0.5, 0.6) is 0 Å². The lowest BCUT2D eigenvalue weighted by atomic mass is 9.32. The van der Waals surface area contributed by atoms with Crippen molar-refractivity contribution in [3.05, 3.63) is 12.2 Å². The summed E-state index contributed by atoms with van der Waals surface area (Å²) in [6.07, 6.45) is -15.7. The molecule has 5 aliphatic carbocycles. The number of fused-ring (bicyclic) bond motifs is 7. The molecule has 0 unspecified atom stereocenters. The monoisotopic (exact) mass is 927 g/mol. The summed E-state index contributed by atoms with van der Waals surface area (Å²) in [7, 11) is 0. The number of allylic oxidation sites excluding steroid dienone is 1. The van der Waals surface area contributed by atoms with Gasteiger partial charge in [-0.25, -0.2) is 0 Å². The molecular formula is C48H78O17. The van der Waals surface area contributed by atoms with E-state index in [1.807, 2.05) is 6.92 Å². The Morgan fingerprint density at radius 2 is 1.29 bits per heavy atom. The van der Waals surface area contributed by atoms with Crippen LogP contribution in [-0.2, 0) is 33.2 Å². The standard InChI is InChI=1S/C48H78O17/c1-21(2)23-11-16-48(18-17-46(7)24(30(23)48)9-10-28-45(6)14-13-29(50)44(4,5)27(45)12-15-47(28,46)8)43(59)65-42-37(57)34(54)32(52)26(63-42)20-60-40-38(58)35(55)39(25(19-49)62-40)64-41-36(56)33(53)31(51)22(3)61-41/h22-42,49-58H,1,9-20H2,2-8H3/t22-,23-,24+,25+,26+,27-,28+,29+,30+,31-,32+,33+,34-,35+,36+,37+,38+,39+,40+,41-,42-,45-,46+,47+,48-/m0/s1. The van der Waals surface area contributed by atoms with E-state index in [-0.39, 0.29) is 45.5 Å². The topological polar surface area (TPSA) is 275 Å². The van der Waals surface area contributed by atoms with E-state index in [0.717, 1.165) is 56.9 Å². The third-order valence-corrected chi connectivity index (χ3v) is 19.7. The molecule has 65 heavy (non-hydrogen) atoms. The highest BCUT2D eigenvalue weighted by Crippen LogP contribution is 2.77. The summed E-state index contributed by atoms with van der Waals surface area (Å²) in [5, 5.41) is 108. The lowest BCUT2D eigenvalue weighted by molar-refractivity contribution is -0.361. The van der Waals surface area contributed by atoms with E-state index in [0.29, 0.717) is 24.7 Å². The summed E-state index contributed by atoms with van der Waals surface area (Å²) in [5.41, 5.74) is -0.0485. The van der Waals surface area contributed by atoms with Gasteiger partial charge >= 0.3 is 5.97 Å². The molecule has 0 aromatic heterocycles. The van der Waals surface area contributed by atoms with Crippen LogP contribution >= 0.6 is 0 Å². The van der Waals surface area contributed by atoms with Gasteiger partial charge in [-0.1, -0.05) is 46.8 Å². The number of esters is 1. The van der Waals surface area contributed by atoms with Crippen LogP contribution in [0, 0.1) is 56.7 Å². The number of carbonyl (C=O) groups is 1. The van der Waals surface area contributed by atoms with E-state index in [1.54, 1.807) is 0 Å². The van der Waals surface area contributed by atoms with E-state index >= 15 is 0 Å². The van der Waals surface area contributed by atoms with E-state index in [9.17, 15) is 55.9 Å². The lowest BCUT2D eigenvalue weighted by Crippen LogP contribution is -2.67. The molecule has 10 N–H and O–H groups in total. The van der Waals surface area contributed by atoms with E-state index in [1.165, 1.54) is 6.92 Å². The molecule has 372 valence electrons. The molecule has 25 atom stereocenters. The Kier molecular flexibility index (Phi) is 13.7. The fraction of sp³-hybridized carbons (Fsp3) is 0.938. The Morgan fingerprint density at radius 3 is 1.97 bits per heavy atom. The molecular weight excluding hydrogens is 849 g/mol. The first-order valence-electron chi connectivity index (χ1n) is 24.2. The zero-order valence-electron chi connectivity index (χ0n) is 39.1. The summed E-state index contributed by atoms with van der Waals surface area (Å²) in [6, 6.07) is 0. The second kappa shape index (κ2) is 17.8. The molecule has 0 amide bonds. The number of hydrogen-bond donors (Lipinski definition) is 10. The lowest BCUT2D eigenvalue weighted by Gasteiger charge is -2.72. The van der Waals surface area contributed by atoms with Gasteiger partial charge in [0.15, 0.2) is 12.6 Å². The minimum atomic E-state index is -1.84. The van der Waals surface area contributed by atoms with Gasteiger partial charge in [0.2, 0.25) is 6.29 Å². The average Bonchev–Trinajstić information content (AvgIpc) is 3.67. The molecule has 0 bridgehead atoms. The molecule has 0 aromatic carbocycles. The molecule has 17 heteroatoms. The fourth-order valence-corrected chi connectivity index (χ4v) is 15.7. The van der Waals surface area contributed by atoms with Crippen LogP contribution in [0.4, 0.5) is 0 Å². The normalized spacial score (nSPS) is 55.2. The van der Waals surface area contributed by atoms with Crippen molar-refractivity contribution in [3.63, 3.8) is 0 Å². The molecule has 3 heterocycles. The predicted molar refractivity (Wildman–Crippen MR) is 229 cm³/mol. The number of rotatable bonds is 9. The zero-order chi connectivity index (χ0) is 47.5. The maximum absolute atomic E-state index is 15.0. The highest BCUT2D eigenvalue weighted by atomic mass is 16.8. The number of aliphatic hydroxyl groups excluding tert-OH is 10. The highest BCUT2D eigenvalue weighted by Gasteiger charge is 2.72. The molecule has 0 spiro atoms. The van der Waals surface area contributed by atoms with Gasteiger partial charge < -0.3 is 79.5 Å². The maximum atomic E-state index is 15.0. The van der Waals surface area contributed by atoms with Crippen LogP contribution in [0.25, 0.3) is 0 Å². The summed E-state index contributed by atoms with van der Waals surface area (Å²) < 4.78 is 34.8. The summed E-state index contributed by atoms with van der Waals surface area (Å²) in [4.78, 5) is 15.0. The Bertz CT molecular complexity index is 1750. The Labute approximate surface area is 382 Å². The number of hydrogen-bond acceptors (Lipinski definition) is 17. The molecule has 3 aliphatic heterocycles. The van der Waals surface area contributed by atoms with Crippen molar-refractivity contribution in [2.75, 3.05) is 13.2 Å². The van der Waals surface area contributed by atoms with Gasteiger partial charge in [-0.3, -0.25) is 4.79 Å². The molecule has 0 aromatic rings. The van der Waals surface area contributed by atoms with E-state index in [4.69, 9.17) is 28.4 Å². The summed E-state index contributed by atoms with van der Waals surface area (Å²) >= 11 is 0. The van der Waals surface area contributed by atoms with Crippen LogP contribution < -0.4 is 0 Å². The van der Waals surface area contributed by atoms with Crippen molar-refractivity contribution >= 4 is 5.97 Å². The summed E-state index contributed by atoms with van der Waals surface area (Å²) in [5.74, 6) is 0.544. The number of aliphatic hydroxyl groups is 10.